The van der Waals surface area contributed by atoms with Crippen LogP contribution < -0.4 is 22.2 Å². The quantitative estimate of drug-likeness (QED) is 0.106. The fourth-order valence-corrected chi connectivity index (χ4v) is 4.10. The Bertz CT molecular complexity index is 1510. The molecule has 0 bridgehead atoms. The Kier molecular flexibility index (Phi) is 7.27. The number of hydrazine groups is 1. The van der Waals surface area contributed by atoms with Crippen molar-refractivity contribution in [1.29, 1.82) is 0 Å². The molecule has 0 saturated carbocycles. The molecule has 3 aromatic carbocycles. The van der Waals surface area contributed by atoms with Crippen LogP contribution >= 0.6 is 11.9 Å². The lowest BCUT2D eigenvalue weighted by Crippen LogP contribution is -2.31. The zero-order chi connectivity index (χ0) is 26.7. The van der Waals surface area contributed by atoms with Crippen LogP contribution in [0.2, 0.25) is 0 Å². The van der Waals surface area contributed by atoms with Crippen molar-refractivity contribution in [3.05, 3.63) is 72.0 Å². The molecule has 0 atom stereocenters. The monoisotopic (exact) mass is 523 g/mol. The second-order valence-electron chi connectivity index (χ2n) is 7.91. The number of nitrogens with two attached hydrogens (primary N) is 2. The van der Waals surface area contributed by atoms with Gasteiger partial charge in [-0.05, 0) is 65.9 Å². The van der Waals surface area contributed by atoms with Crippen LogP contribution in [-0.4, -0.2) is 43.1 Å². The van der Waals surface area contributed by atoms with Gasteiger partial charge in [0.05, 0.1) is 22.3 Å². The van der Waals surface area contributed by atoms with E-state index in [0.29, 0.717) is 38.5 Å². The highest BCUT2D eigenvalue weighted by molar-refractivity contribution is 7.98. The number of rotatable bonds is 6. The number of carbonyl (C=O) groups is 3. The number of benzene rings is 3. The minimum absolute atomic E-state index is 0.0726. The number of nitrogen functional groups attached to an aromatic ring is 1. The van der Waals surface area contributed by atoms with Crippen molar-refractivity contribution in [3.63, 3.8) is 0 Å². The normalized spacial score (nSPS) is 10.8. The summed E-state index contributed by atoms with van der Waals surface area (Å²) < 4.78 is 15.5. The number of anilines is 3. The lowest BCUT2D eigenvalue weighted by molar-refractivity contribution is 0.0932. The molecule has 3 amide bonds. The van der Waals surface area contributed by atoms with E-state index in [4.69, 9.17) is 16.7 Å². The van der Waals surface area contributed by atoms with Gasteiger partial charge in [0.1, 0.15) is 5.82 Å². The second kappa shape index (κ2) is 10.6. The summed E-state index contributed by atoms with van der Waals surface area (Å²) in [5.41, 5.74) is 9.37. The van der Waals surface area contributed by atoms with E-state index >= 15 is 0 Å². The predicted molar refractivity (Wildman–Crippen MR) is 140 cm³/mol. The Morgan fingerprint density at radius 3 is 2.54 bits per heavy atom. The van der Waals surface area contributed by atoms with Crippen LogP contribution in [0.4, 0.5) is 31.2 Å². The van der Waals surface area contributed by atoms with Gasteiger partial charge in [-0.25, -0.2) is 19.8 Å². The van der Waals surface area contributed by atoms with E-state index < -0.39 is 23.8 Å². The van der Waals surface area contributed by atoms with Crippen LogP contribution in [0.3, 0.4) is 0 Å². The maximum atomic E-state index is 13.9. The number of fused-ring (bicyclic) bond motifs is 1. The summed E-state index contributed by atoms with van der Waals surface area (Å²) in [7, 11) is 0. The fourth-order valence-electron chi connectivity index (χ4n) is 3.62. The summed E-state index contributed by atoms with van der Waals surface area (Å²) in [6.07, 6.45) is -1.39. The van der Waals surface area contributed by atoms with Crippen molar-refractivity contribution in [2.45, 2.75) is 6.92 Å². The lowest BCUT2D eigenvalue weighted by Gasteiger charge is -2.11. The standard InChI is InChI=1S/C24H22FN7O4S/c1-13-5-10-17(25)18(11-13)29-23(34)28-15-8-6-14(7-9-15)16-3-2-4-19-21(16)22(26)30-31(19)20(33)12-37-32(27)24(35)36/h2-11H,12,27H2,1H3,(H2,26,30)(H,35,36)(H2,28,29,34). The smallest absolute Gasteiger partial charge is 0.432 e. The third-order valence-electron chi connectivity index (χ3n) is 5.31. The number of hydrogen-bond donors (Lipinski definition) is 5. The second-order valence-corrected chi connectivity index (χ2v) is 8.85. The summed E-state index contributed by atoms with van der Waals surface area (Å²) in [4.78, 5) is 35.8. The molecule has 0 spiro atoms. The number of aryl methyl sites for hydroxylation is 1. The average molecular weight is 524 g/mol. The minimum Gasteiger partial charge on any atom is -0.463 e. The highest BCUT2D eigenvalue weighted by Crippen LogP contribution is 2.33. The third kappa shape index (κ3) is 5.63. The number of aromatic nitrogens is 2. The number of halogens is 1. The van der Waals surface area contributed by atoms with Crippen molar-refractivity contribution < 1.29 is 23.9 Å². The first-order valence-corrected chi connectivity index (χ1v) is 11.7. The van der Waals surface area contributed by atoms with Gasteiger partial charge in [0, 0.05) is 5.69 Å². The first kappa shape index (κ1) is 25.5. The number of hydrogen-bond acceptors (Lipinski definition) is 7. The zero-order valence-electron chi connectivity index (χ0n) is 19.4. The largest absolute Gasteiger partial charge is 0.463 e. The molecular weight excluding hydrogens is 501 g/mol. The van der Waals surface area contributed by atoms with Gasteiger partial charge in [0.15, 0.2) is 5.82 Å². The average Bonchev–Trinajstić information content (AvgIpc) is 3.21. The van der Waals surface area contributed by atoms with Gasteiger partial charge in [-0.3, -0.25) is 4.79 Å². The Morgan fingerprint density at radius 2 is 1.84 bits per heavy atom. The number of carbonyl (C=O) groups excluding carboxylic acids is 2. The summed E-state index contributed by atoms with van der Waals surface area (Å²) >= 11 is 0.614. The number of nitrogens with zero attached hydrogens (tertiary/aromatic N) is 3. The molecule has 4 aromatic rings. The maximum absolute atomic E-state index is 13.9. The van der Waals surface area contributed by atoms with E-state index in [1.54, 1.807) is 49.4 Å². The van der Waals surface area contributed by atoms with E-state index in [0.717, 1.165) is 15.8 Å². The van der Waals surface area contributed by atoms with Crippen LogP contribution in [0.1, 0.15) is 10.4 Å². The van der Waals surface area contributed by atoms with Gasteiger partial charge < -0.3 is 21.5 Å². The number of amides is 3. The van der Waals surface area contributed by atoms with Gasteiger partial charge in [0.2, 0.25) is 0 Å². The number of urea groups is 1. The van der Waals surface area contributed by atoms with Crippen molar-refractivity contribution in [3.8, 4) is 11.1 Å². The Hall–Kier alpha value is -4.62. The Balaban J connectivity index is 1.53. The molecule has 0 aliphatic rings. The molecule has 0 fully saturated rings. The van der Waals surface area contributed by atoms with Gasteiger partial charge in [-0.2, -0.15) is 9.10 Å². The third-order valence-corrected chi connectivity index (χ3v) is 6.12. The van der Waals surface area contributed by atoms with Crippen LogP contribution in [0.15, 0.2) is 60.7 Å². The van der Waals surface area contributed by atoms with Gasteiger partial charge in [-0.15, -0.1) is 5.10 Å². The van der Waals surface area contributed by atoms with Crippen LogP contribution in [0.5, 0.6) is 0 Å². The van der Waals surface area contributed by atoms with Gasteiger partial charge >= 0.3 is 12.1 Å². The summed E-state index contributed by atoms with van der Waals surface area (Å²) in [5, 5.41) is 18.7. The topological polar surface area (TPSA) is 169 Å². The molecule has 0 aliphatic heterocycles. The van der Waals surface area contributed by atoms with E-state index in [-0.39, 0.29) is 17.3 Å². The minimum atomic E-state index is -1.39. The molecule has 1 heterocycles. The van der Waals surface area contributed by atoms with Crippen molar-refractivity contribution >= 4 is 58.1 Å². The molecule has 1 aromatic heterocycles. The lowest BCUT2D eigenvalue weighted by atomic mass is 10.0. The molecular formula is C24H22FN7O4S. The van der Waals surface area contributed by atoms with Gasteiger partial charge in [-0.1, -0.05) is 30.3 Å². The molecule has 37 heavy (non-hydrogen) atoms. The van der Waals surface area contributed by atoms with E-state index in [1.165, 1.54) is 12.1 Å². The molecule has 0 radical (unpaired) electrons. The van der Waals surface area contributed by atoms with E-state index in [2.05, 4.69) is 15.7 Å². The Labute approximate surface area is 214 Å². The highest BCUT2D eigenvalue weighted by Gasteiger charge is 2.19. The van der Waals surface area contributed by atoms with Crippen molar-refractivity contribution in [2.24, 2.45) is 5.84 Å². The fraction of sp³-hybridized carbons (Fsp3) is 0.0833. The van der Waals surface area contributed by atoms with Crippen molar-refractivity contribution in [2.75, 3.05) is 22.1 Å². The number of carboxylic acid groups (broad SMARTS) is 1. The van der Waals surface area contributed by atoms with Crippen LogP contribution in [-0.2, 0) is 0 Å². The predicted octanol–water partition coefficient (Wildman–Crippen LogP) is 4.52. The molecule has 4 rings (SSSR count). The van der Waals surface area contributed by atoms with Crippen LogP contribution in [0.25, 0.3) is 22.0 Å². The summed E-state index contributed by atoms with van der Waals surface area (Å²) in [5.74, 6) is 4.11. The molecule has 11 nitrogen and oxygen atoms in total. The molecule has 7 N–H and O–H groups in total. The molecule has 190 valence electrons. The SMILES string of the molecule is Cc1ccc(F)c(NC(=O)Nc2ccc(-c3cccc4c3c(N)nn4C(=O)CSN(N)C(=O)O)cc2)c1. The molecule has 0 aliphatic carbocycles. The highest BCUT2D eigenvalue weighted by atomic mass is 32.2. The van der Waals surface area contributed by atoms with E-state index in [1.807, 2.05) is 6.07 Å². The first-order chi connectivity index (χ1) is 17.6. The molecule has 0 unspecified atom stereocenters. The van der Waals surface area contributed by atoms with Gasteiger partial charge in [0.25, 0.3) is 5.91 Å². The summed E-state index contributed by atoms with van der Waals surface area (Å²) in [6, 6.07) is 15.9. The Morgan fingerprint density at radius 1 is 1.11 bits per heavy atom. The molecule has 13 heteroatoms. The van der Waals surface area contributed by atoms with Crippen LogP contribution in [0, 0.1) is 12.7 Å². The van der Waals surface area contributed by atoms with Crippen molar-refractivity contribution in [1.82, 2.24) is 14.2 Å². The summed E-state index contributed by atoms with van der Waals surface area (Å²) in [6.45, 7) is 1.79. The maximum Gasteiger partial charge on any atom is 0.432 e. The number of nitrogens with one attached hydrogen (secondary N) is 2. The molecule has 0 saturated heterocycles. The zero-order valence-corrected chi connectivity index (χ0v) is 20.3. The first-order valence-electron chi connectivity index (χ1n) is 10.8. The van der Waals surface area contributed by atoms with E-state index in [9.17, 15) is 18.8 Å².